The Hall–Kier alpha value is -2.44. The lowest BCUT2D eigenvalue weighted by Crippen LogP contribution is -2.29. The summed E-state index contributed by atoms with van der Waals surface area (Å²) in [6.45, 7) is 0.480. The van der Waals surface area contributed by atoms with E-state index < -0.39 is 0 Å². The van der Waals surface area contributed by atoms with E-state index in [4.69, 9.17) is 0 Å². The van der Waals surface area contributed by atoms with Crippen LogP contribution in [-0.4, -0.2) is 32.6 Å². The first kappa shape index (κ1) is 12.0. The molecule has 2 rings (SSSR count). The lowest BCUT2D eigenvalue weighted by molar-refractivity contribution is 0.0951. The first-order chi connectivity index (χ1) is 8.77. The van der Waals surface area contributed by atoms with Gasteiger partial charge in [-0.25, -0.2) is 4.98 Å². The predicted octanol–water partition coefficient (Wildman–Crippen LogP) is -0.144. The number of hydrogen-bond donors (Lipinski definition) is 3. The van der Waals surface area contributed by atoms with E-state index in [9.17, 15) is 9.59 Å². The van der Waals surface area contributed by atoms with Crippen molar-refractivity contribution in [3.05, 3.63) is 46.4 Å². The van der Waals surface area contributed by atoms with Crippen LogP contribution < -0.4 is 10.7 Å². The van der Waals surface area contributed by atoms with Gasteiger partial charge in [-0.1, -0.05) is 0 Å². The fourth-order valence-corrected chi connectivity index (χ4v) is 1.50. The fraction of sp³-hybridized carbons (Fsp3) is 0.273. The number of nitrogens with zero attached hydrogens (tertiary/aromatic N) is 2. The van der Waals surface area contributed by atoms with E-state index in [0.29, 0.717) is 13.0 Å². The highest BCUT2D eigenvalue weighted by atomic mass is 16.2. The number of carbonyl (C=O) groups is 1. The number of pyridine rings is 1. The van der Waals surface area contributed by atoms with E-state index in [0.717, 1.165) is 12.2 Å². The molecule has 0 aromatic carbocycles. The molecule has 0 fully saturated rings. The third-order valence-corrected chi connectivity index (χ3v) is 2.41. The Morgan fingerprint density at radius 2 is 2.33 bits per heavy atom. The van der Waals surface area contributed by atoms with Crippen molar-refractivity contribution < 1.29 is 4.79 Å². The van der Waals surface area contributed by atoms with E-state index >= 15 is 0 Å². The lowest BCUT2D eigenvalue weighted by atomic mass is 10.2. The van der Waals surface area contributed by atoms with Gasteiger partial charge in [0.05, 0.1) is 0 Å². The molecule has 2 aromatic rings. The van der Waals surface area contributed by atoms with Crippen LogP contribution in [0.2, 0.25) is 0 Å². The highest BCUT2D eigenvalue weighted by molar-refractivity contribution is 5.93. The van der Waals surface area contributed by atoms with Crippen molar-refractivity contribution in [3.63, 3.8) is 0 Å². The molecule has 0 aliphatic rings. The lowest BCUT2D eigenvalue weighted by Gasteiger charge is -2.03. The topological polar surface area (TPSA) is 104 Å². The summed E-state index contributed by atoms with van der Waals surface area (Å²) in [6, 6.07) is 1.32. The predicted molar refractivity (Wildman–Crippen MR) is 64.1 cm³/mol. The minimum atomic E-state index is -0.366. The Morgan fingerprint density at radius 3 is 3.06 bits per heavy atom. The van der Waals surface area contributed by atoms with Gasteiger partial charge in [0, 0.05) is 31.4 Å². The average molecular weight is 247 g/mol. The minimum absolute atomic E-state index is 0.122. The van der Waals surface area contributed by atoms with Gasteiger partial charge in [-0.3, -0.25) is 14.7 Å². The van der Waals surface area contributed by atoms with Gasteiger partial charge >= 0.3 is 0 Å². The monoisotopic (exact) mass is 247 g/mol. The molecule has 0 spiro atoms. The molecular formula is C11H13N5O2. The minimum Gasteiger partial charge on any atom is -0.367 e. The Bertz CT molecular complexity index is 561. The highest BCUT2D eigenvalue weighted by Gasteiger charge is 2.08. The zero-order valence-electron chi connectivity index (χ0n) is 9.64. The SMILES string of the molecule is O=C(NCCCc1ncn[nH]1)c1c[nH]ccc1=O. The van der Waals surface area contributed by atoms with E-state index in [1.807, 2.05) is 0 Å². The van der Waals surface area contributed by atoms with Gasteiger partial charge in [-0.2, -0.15) is 5.10 Å². The first-order valence-corrected chi connectivity index (χ1v) is 5.57. The molecule has 0 bridgehead atoms. The summed E-state index contributed by atoms with van der Waals surface area (Å²) in [7, 11) is 0. The van der Waals surface area contributed by atoms with E-state index in [1.165, 1.54) is 24.8 Å². The summed E-state index contributed by atoms with van der Waals surface area (Å²) in [5.74, 6) is 0.413. The molecule has 0 unspecified atom stereocenters. The van der Waals surface area contributed by atoms with Gasteiger partial charge in [-0.05, 0) is 6.42 Å². The molecule has 3 N–H and O–H groups in total. The first-order valence-electron chi connectivity index (χ1n) is 5.57. The molecule has 94 valence electrons. The van der Waals surface area contributed by atoms with E-state index in [2.05, 4.69) is 25.5 Å². The zero-order valence-corrected chi connectivity index (χ0v) is 9.64. The molecule has 0 saturated heterocycles. The van der Waals surface area contributed by atoms with Crippen LogP contribution in [0.1, 0.15) is 22.6 Å². The number of aromatic amines is 2. The smallest absolute Gasteiger partial charge is 0.256 e. The van der Waals surface area contributed by atoms with Gasteiger partial charge in [0.25, 0.3) is 5.91 Å². The number of aromatic nitrogens is 4. The number of hydrogen-bond acceptors (Lipinski definition) is 4. The van der Waals surface area contributed by atoms with Gasteiger partial charge < -0.3 is 10.3 Å². The zero-order chi connectivity index (χ0) is 12.8. The van der Waals surface area contributed by atoms with Crippen molar-refractivity contribution >= 4 is 5.91 Å². The maximum Gasteiger partial charge on any atom is 0.256 e. The van der Waals surface area contributed by atoms with E-state index in [-0.39, 0.29) is 16.9 Å². The second kappa shape index (κ2) is 5.76. The maximum atomic E-state index is 11.7. The second-order valence-electron chi connectivity index (χ2n) is 3.71. The Labute approximate surface area is 103 Å². The highest BCUT2D eigenvalue weighted by Crippen LogP contribution is 1.93. The standard InChI is InChI=1S/C11H13N5O2/c17-9-3-5-12-6-8(9)11(18)13-4-1-2-10-14-7-15-16-10/h3,5-7H,1-2,4H2,(H,12,17)(H,13,18)(H,14,15,16). The quantitative estimate of drug-likeness (QED) is 0.639. The van der Waals surface area contributed by atoms with Crippen LogP contribution in [0.4, 0.5) is 0 Å². The number of H-pyrrole nitrogens is 2. The molecule has 0 aliphatic carbocycles. The third-order valence-electron chi connectivity index (χ3n) is 2.41. The number of rotatable bonds is 5. The molecule has 0 atom stereocenters. The van der Waals surface area contributed by atoms with Crippen LogP contribution in [0.25, 0.3) is 0 Å². The molecular weight excluding hydrogens is 234 g/mol. The van der Waals surface area contributed by atoms with Crippen LogP contribution >= 0.6 is 0 Å². The number of amides is 1. The van der Waals surface area contributed by atoms with Crippen LogP contribution in [0.15, 0.2) is 29.6 Å². The summed E-state index contributed by atoms with van der Waals surface area (Å²) in [5, 5.41) is 9.14. The normalized spacial score (nSPS) is 10.2. The van der Waals surface area contributed by atoms with Crippen molar-refractivity contribution in [2.24, 2.45) is 0 Å². The summed E-state index contributed by atoms with van der Waals surface area (Å²) >= 11 is 0. The molecule has 18 heavy (non-hydrogen) atoms. The third kappa shape index (κ3) is 3.03. The van der Waals surface area contributed by atoms with Crippen molar-refractivity contribution in [2.45, 2.75) is 12.8 Å². The molecule has 0 saturated carbocycles. The number of aryl methyl sites for hydroxylation is 1. The maximum absolute atomic E-state index is 11.7. The molecule has 2 aromatic heterocycles. The Kier molecular flexibility index (Phi) is 3.85. The van der Waals surface area contributed by atoms with Gasteiger partial charge in [0.1, 0.15) is 17.7 Å². The Balaban J connectivity index is 1.79. The molecule has 7 heteroatoms. The summed E-state index contributed by atoms with van der Waals surface area (Å²) in [6.07, 6.45) is 5.76. The summed E-state index contributed by atoms with van der Waals surface area (Å²) < 4.78 is 0. The fourth-order valence-electron chi connectivity index (χ4n) is 1.50. The molecule has 1 amide bonds. The number of nitrogens with one attached hydrogen (secondary N) is 3. The second-order valence-corrected chi connectivity index (χ2v) is 3.71. The Morgan fingerprint density at radius 1 is 1.44 bits per heavy atom. The van der Waals surface area contributed by atoms with E-state index in [1.54, 1.807) is 0 Å². The van der Waals surface area contributed by atoms with Crippen molar-refractivity contribution in [1.82, 2.24) is 25.5 Å². The average Bonchev–Trinajstić information content (AvgIpc) is 2.88. The van der Waals surface area contributed by atoms with Gasteiger partial charge in [0.15, 0.2) is 5.43 Å². The van der Waals surface area contributed by atoms with Crippen molar-refractivity contribution in [1.29, 1.82) is 0 Å². The van der Waals surface area contributed by atoms with Crippen LogP contribution in [0.3, 0.4) is 0 Å². The van der Waals surface area contributed by atoms with Gasteiger partial charge in [0.2, 0.25) is 0 Å². The summed E-state index contributed by atoms with van der Waals surface area (Å²) in [5.41, 5.74) is -0.168. The van der Waals surface area contributed by atoms with Crippen LogP contribution in [0.5, 0.6) is 0 Å². The summed E-state index contributed by atoms with van der Waals surface area (Å²) in [4.78, 5) is 29.7. The largest absolute Gasteiger partial charge is 0.367 e. The van der Waals surface area contributed by atoms with Crippen molar-refractivity contribution in [2.75, 3.05) is 6.54 Å². The number of carbonyl (C=O) groups excluding carboxylic acids is 1. The molecule has 7 nitrogen and oxygen atoms in total. The van der Waals surface area contributed by atoms with Gasteiger partial charge in [-0.15, -0.1) is 0 Å². The van der Waals surface area contributed by atoms with Crippen LogP contribution in [-0.2, 0) is 6.42 Å². The van der Waals surface area contributed by atoms with Crippen molar-refractivity contribution in [3.8, 4) is 0 Å². The molecule has 2 heterocycles. The van der Waals surface area contributed by atoms with Crippen LogP contribution in [0, 0.1) is 0 Å². The molecule has 0 aliphatic heterocycles. The molecule has 0 radical (unpaired) electrons.